The minimum Gasteiger partial charge on any atom is -0.497 e. The lowest BCUT2D eigenvalue weighted by Crippen LogP contribution is -2.14. The molecule has 0 saturated carbocycles. The SMILES string of the molecule is COc1cccc(CCNc2cc(C(=O)Nc3cc(C)ccc3OC)ccn2)c1. The molecule has 0 radical (unpaired) electrons. The molecule has 0 saturated heterocycles. The van der Waals surface area contributed by atoms with Gasteiger partial charge in [-0.2, -0.15) is 0 Å². The van der Waals surface area contributed by atoms with Gasteiger partial charge in [-0.05, 0) is 60.9 Å². The van der Waals surface area contributed by atoms with Gasteiger partial charge < -0.3 is 20.1 Å². The van der Waals surface area contributed by atoms with Crippen LogP contribution in [0.5, 0.6) is 11.5 Å². The van der Waals surface area contributed by atoms with Crippen molar-refractivity contribution in [2.45, 2.75) is 13.3 Å². The fourth-order valence-electron chi connectivity index (χ4n) is 2.95. The van der Waals surface area contributed by atoms with Crippen LogP contribution in [0.2, 0.25) is 0 Å². The Morgan fingerprint density at radius 1 is 1.03 bits per heavy atom. The lowest BCUT2D eigenvalue weighted by Gasteiger charge is -2.12. The maximum absolute atomic E-state index is 12.7. The summed E-state index contributed by atoms with van der Waals surface area (Å²) >= 11 is 0. The number of aryl methyl sites for hydroxylation is 1. The van der Waals surface area contributed by atoms with Gasteiger partial charge in [0.25, 0.3) is 5.91 Å². The van der Waals surface area contributed by atoms with E-state index in [9.17, 15) is 4.79 Å². The molecule has 2 aromatic carbocycles. The van der Waals surface area contributed by atoms with Crippen molar-refractivity contribution in [1.29, 1.82) is 0 Å². The van der Waals surface area contributed by atoms with E-state index >= 15 is 0 Å². The zero-order valence-corrected chi connectivity index (χ0v) is 16.9. The second-order valence-electron chi connectivity index (χ2n) is 6.62. The predicted octanol–water partition coefficient (Wildman–Crippen LogP) is 4.31. The molecule has 0 spiro atoms. The molecule has 0 aliphatic heterocycles. The molecule has 6 heteroatoms. The van der Waals surface area contributed by atoms with Gasteiger partial charge in [-0.15, -0.1) is 0 Å². The Labute approximate surface area is 170 Å². The predicted molar refractivity (Wildman–Crippen MR) is 115 cm³/mol. The van der Waals surface area contributed by atoms with Crippen LogP contribution in [0.15, 0.2) is 60.8 Å². The third-order valence-electron chi connectivity index (χ3n) is 4.48. The minimum absolute atomic E-state index is 0.216. The molecular formula is C23H25N3O3. The van der Waals surface area contributed by atoms with Crippen LogP contribution in [-0.2, 0) is 6.42 Å². The van der Waals surface area contributed by atoms with Crippen molar-refractivity contribution in [2.75, 3.05) is 31.4 Å². The van der Waals surface area contributed by atoms with E-state index in [1.807, 2.05) is 43.3 Å². The zero-order chi connectivity index (χ0) is 20.6. The molecule has 0 fully saturated rings. The summed E-state index contributed by atoms with van der Waals surface area (Å²) in [6.07, 6.45) is 2.44. The van der Waals surface area contributed by atoms with Crippen LogP contribution in [0, 0.1) is 6.92 Å². The van der Waals surface area contributed by atoms with Gasteiger partial charge in [-0.3, -0.25) is 4.79 Å². The molecule has 1 aromatic heterocycles. The molecule has 1 amide bonds. The third kappa shape index (κ3) is 5.48. The molecule has 3 rings (SSSR count). The van der Waals surface area contributed by atoms with Crippen LogP contribution >= 0.6 is 0 Å². The monoisotopic (exact) mass is 391 g/mol. The highest BCUT2D eigenvalue weighted by Gasteiger charge is 2.11. The number of amides is 1. The maximum Gasteiger partial charge on any atom is 0.255 e. The number of ether oxygens (including phenoxy) is 2. The van der Waals surface area contributed by atoms with E-state index in [0.717, 1.165) is 23.3 Å². The first-order valence-corrected chi connectivity index (χ1v) is 9.38. The minimum atomic E-state index is -0.216. The van der Waals surface area contributed by atoms with E-state index in [-0.39, 0.29) is 5.91 Å². The van der Waals surface area contributed by atoms with Crippen molar-refractivity contribution in [1.82, 2.24) is 4.98 Å². The number of anilines is 2. The van der Waals surface area contributed by atoms with Crippen molar-refractivity contribution in [3.05, 3.63) is 77.5 Å². The second-order valence-corrected chi connectivity index (χ2v) is 6.62. The molecule has 150 valence electrons. The van der Waals surface area contributed by atoms with Crippen molar-refractivity contribution in [2.24, 2.45) is 0 Å². The van der Waals surface area contributed by atoms with Crippen molar-refractivity contribution >= 4 is 17.4 Å². The normalized spacial score (nSPS) is 10.3. The highest BCUT2D eigenvalue weighted by molar-refractivity contribution is 6.05. The zero-order valence-electron chi connectivity index (χ0n) is 16.9. The summed E-state index contributed by atoms with van der Waals surface area (Å²) < 4.78 is 10.6. The highest BCUT2D eigenvalue weighted by atomic mass is 16.5. The Balaban J connectivity index is 1.63. The van der Waals surface area contributed by atoms with Crippen LogP contribution < -0.4 is 20.1 Å². The number of aromatic nitrogens is 1. The molecule has 0 aliphatic carbocycles. The summed E-state index contributed by atoms with van der Waals surface area (Å²) in [5.41, 5.74) is 3.36. The molecule has 1 heterocycles. The second kappa shape index (κ2) is 9.59. The van der Waals surface area contributed by atoms with Gasteiger partial charge in [0.05, 0.1) is 19.9 Å². The van der Waals surface area contributed by atoms with Gasteiger partial charge in [0.2, 0.25) is 0 Å². The van der Waals surface area contributed by atoms with Crippen molar-refractivity contribution in [3.63, 3.8) is 0 Å². The number of methoxy groups -OCH3 is 2. The van der Waals surface area contributed by atoms with Crippen LogP contribution in [-0.4, -0.2) is 31.7 Å². The Morgan fingerprint density at radius 3 is 2.69 bits per heavy atom. The number of carbonyl (C=O) groups excluding carboxylic acids is 1. The molecule has 0 atom stereocenters. The molecule has 3 aromatic rings. The lowest BCUT2D eigenvalue weighted by molar-refractivity contribution is 0.102. The summed E-state index contributed by atoms with van der Waals surface area (Å²) in [6, 6.07) is 17.0. The van der Waals surface area contributed by atoms with Crippen LogP contribution in [0.4, 0.5) is 11.5 Å². The van der Waals surface area contributed by atoms with E-state index in [1.165, 1.54) is 0 Å². The van der Waals surface area contributed by atoms with Gasteiger partial charge in [-0.1, -0.05) is 18.2 Å². The maximum atomic E-state index is 12.7. The Kier molecular flexibility index (Phi) is 6.68. The van der Waals surface area contributed by atoms with Gasteiger partial charge >= 0.3 is 0 Å². The Bertz CT molecular complexity index is 989. The van der Waals surface area contributed by atoms with Crippen LogP contribution in [0.3, 0.4) is 0 Å². The summed E-state index contributed by atoms with van der Waals surface area (Å²) in [4.78, 5) is 17.0. The number of nitrogens with one attached hydrogen (secondary N) is 2. The number of hydrogen-bond acceptors (Lipinski definition) is 5. The van der Waals surface area contributed by atoms with Gasteiger partial charge in [-0.25, -0.2) is 4.98 Å². The fraction of sp³-hybridized carbons (Fsp3) is 0.217. The van der Waals surface area contributed by atoms with E-state index in [0.29, 0.717) is 29.4 Å². The number of carbonyl (C=O) groups is 1. The van der Waals surface area contributed by atoms with Gasteiger partial charge in [0, 0.05) is 18.3 Å². The van der Waals surface area contributed by atoms with Crippen molar-refractivity contribution in [3.8, 4) is 11.5 Å². The molecule has 29 heavy (non-hydrogen) atoms. The number of rotatable bonds is 8. The first-order valence-electron chi connectivity index (χ1n) is 9.38. The number of hydrogen-bond donors (Lipinski definition) is 2. The third-order valence-corrected chi connectivity index (χ3v) is 4.48. The van der Waals surface area contributed by atoms with Gasteiger partial charge in [0.15, 0.2) is 0 Å². The quantitative estimate of drug-likeness (QED) is 0.598. The van der Waals surface area contributed by atoms with Crippen molar-refractivity contribution < 1.29 is 14.3 Å². The molecule has 0 aliphatic rings. The molecular weight excluding hydrogens is 366 g/mol. The number of benzene rings is 2. The topological polar surface area (TPSA) is 72.5 Å². The first kappa shape index (κ1) is 20.2. The average Bonchev–Trinajstić information content (AvgIpc) is 2.74. The molecule has 0 unspecified atom stereocenters. The van der Waals surface area contributed by atoms with Crippen LogP contribution in [0.25, 0.3) is 0 Å². The van der Waals surface area contributed by atoms with Crippen LogP contribution in [0.1, 0.15) is 21.5 Å². The molecule has 2 N–H and O–H groups in total. The van der Waals surface area contributed by atoms with E-state index < -0.39 is 0 Å². The largest absolute Gasteiger partial charge is 0.497 e. The van der Waals surface area contributed by atoms with E-state index in [2.05, 4.69) is 21.7 Å². The summed E-state index contributed by atoms with van der Waals surface area (Å²) in [5, 5.41) is 6.17. The fourth-order valence-corrected chi connectivity index (χ4v) is 2.95. The first-order chi connectivity index (χ1) is 14.1. The number of pyridine rings is 1. The highest BCUT2D eigenvalue weighted by Crippen LogP contribution is 2.26. The Morgan fingerprint density at radius 2 is 1.90 bits per heavy atom. The average molecular weight is 391 g/mol. The summed E-state index contributed by atoms with van der Waals surface area (Å²) in [5.74, 6) is 1.89. The molecule has 6 nitrogen and oxygen atoms in total. The van der Waals surface area contributed by atoms with E-state index in [1.54, 1.807) is 32.5 Å². The smallest absolute Gasteiger partial charge is 0.255 e. The Hall–Kier alpha value is -3.54. The molecule has 0 bridgehead atoms. The summed E-state index contributed by atoms with van der Waals surface area (Å²) in [6.45, 7) is 2.66. The van der Waals surface area contributed by atoms with Gasteiger partial charge in [0.1, 0.15) is 17.3 Å². The lowest BCUT2D eigenvalue weighted by atomic mass is 10.1. The van der Waals surface area contributed by atoms with E-state index in [4.69, 9.17) is 9.47 Å². The standard InChI is InChI=1S/C23H25N3O3/c1-16-7-8-21(29-3)20(13-16)26-23(27)18-10-12-25-22(15-18)24-11-9-17-5-4-6-19(14-17)28-2/h4-8,10,12-15H,9,11H2,1-3H3,(H,24,25)(H,26,27). The summed E-state index contributed by atoms with van der Waals surface area (Å²) in [7, 11) is 3.24. The number of nitrogens with zero attached hydrogens (tertiary/aromatic N) is 1.